The fourth-order valence-electron chi connectivity index (χ4n) is 2.44. The summed E-state index contributed by atoms with van der Waals surface area (Å²) in [4.78, 5) is 0. The minimum absolute atomic E-state index is 0.307. The lowest BCUT2D eigenvalue weighted by molar-refractivity contribution is 0.324. The molecule has 0 spiro atoms. The molecule has 140 valence electrons. The minimum Gasteiger partial charge on any atom is -0.493 e. The quantitative estimate of drug-likeness (QED) is 0.557. The predicted octanol–water partition coefficient (Wildman–Crippen LogP) is 5.24. The number of hydrogen-bond acceptors (Lipinski definition) is 6. The molecule has 0 aliphatic heterocycles. The molecule has 3 rings (SSSR count). The summed E-state index contributed by atoms with van der Waals surface area (Å²) in [5.74, 6) is 2.26. The number of methoxy groups -OCH3 is 3. The molecule has 0 N–H and O–H groups in total. The van der Waals surface area contributed by atoms with Crippen LogP contribution in [0.15, 0.2) is 34.7 Å². The molecule has 0 amide bonds. The van der Waals surface area contributed by atoms with Crippen LogP contribution in [0.3, 0.4) is 0 Å². The summed E-state index contributed by atoms with van der Waals surface area (Å²) in [6.45, 7) is 0. The number of benzene rings is 2. The normalized spacial score (nSPS) is 11.0. The summed E-state index contributed by atoms with van der Waals surface area (Å²) in [6, 6.07) is 8.67. The lowest BCUT2D eigenvalue weighted by atomic mass is 10.1. The van der Waals surface area contributed by atoms with Gasteiger partial charge in [0.25, 0.3) is 0 Å². The van der Waals surface area contributed by atoms with Gasteiger partial charge in [0.15, 0.2) is 11.5 Å². The highest BCUT2D eigenvalue weighted by Gasteiger charge is 2.13. The van der Waals surface area contributed by atoms with E-state index in [0.29, 0.717) is 44.6 Å². The van der Waals surface area contributed by atoms with Gasteiger partial charge in [-0.15, -0.1) is 10.2 Å². The maximum atomic E-state index is 6.17. The maximum absolute atomic E-state index is 6.17. The SMILES string of the molecule is COc1cc(/C=C/c2nnc(-c3ccc(Cl)cc3Cl)o2)cc(OC)c1OC. The first kappa shape index (κ1) is 19.1. The van der Waals surface area contributed by atoms with Crippen molar-refractivity contribution < 1.29 is 18.6 Å². The Morgan fingerprint density at radius 2 is 1.59 bits per heavy atom. The summed E-state index contributed by atoms with van der Waals surface area (Å²) in [6.07, 6.45) is 3.48. The van der Waals surface area contributed by atoms with Gasteiger partial charge in [0.1, 0.15) is 0 Å². The van der Waals surface area contributed by atoms with Crippen molar-refractivity contribution in [3.05, 3.63) is 51.8 Å². The first-order chi connectivity index (χ1) is 13.0. The smallest absolute Gasteiger partial charge is 0.249 e. The molecule has 8 heteroatoms. The Kier molecular flexibility index (Phi) is 5.88. The average molecular weight is 407 g/mol. The van der Waals surface area contributed by atoms with E-state index in [0.717, 1.165) is 5.56 Å². The number of ether oxygens (including phenoxy) is 3. The number of hydrogen-bond donors (Lipinski definition) is 0. The zero-order chi connectivity index (χ0) is 19.4. The Labute approximate surface area is 166 Å². The summed E-state index contributed by atoms with van der Waals surface area (Å²) in [5.41, 5.74) is 1.43. The van der Waals surface area contributed by atoms with Gasteiger partial charge in [-0.3, -0.25) is 0 Å². The highest BCUT2D eigenvalue weighted by Crippen LogP contribution is 2.38. The van der Waals surface area contributed by atoms with Crippen LogP contribution in [0.25, 0.3) is 23.6 Å². The van der Waals surface area contributed by atoms with Crippen LogP contribution in [0.5, 0.6) is 17.2 Å². The Hall–Kier alpha value is -2.70. The summed E-state index contributed by atoms with van der Waals surface area (Å²) >= 11 is 12.1. The number of halogens is 2. The molecular weight excluding hydrogens is 391 g/mol. The Morgan fingerprint density at radius 3 is 2.19 bits per heavy atom. The highest BCUT2D eigenvalue weighted by molar-refractivity contribution is 6.36. The van der Waals surface area contributed by atoms with E-state index >= 15 is 0 Å². The van der Waals surface area contributed by atoms with Gasteiger partial charge in [-0.1, -0.05) is 23.2 Å². The molecule has 0 saturated carbocycles. The standard InChI is InChI=1S/C19H16Cl2N2O4/c1-24-15-8-11(9-16(25-2)18(15)26-3)4-7-17-22-23-19(27-17)13-6-5-12(20)10-14(13)21/h4-10H,1-3H3/b7-4+. The monoisotopic (exact) mass is 406 g/mol. The van der Waals surface area contributed by atoms with Crippen LogP contribution in [-0.2, 0) is 0 Å². The van der Waals surface area contributed by atoms with Gasteiger partial charge < -0.3 is 18.6 Å². The first-order valence-electron chi connectivity index (χ1n) is 7.82. The highest BCUT2D eigenvalue weighted by atomic mass is 35.5. The van der Waals surface area contributed by atoms with Gasteiger partial charge in [-0.25, -0.2) is 0 Å². The van der Waals surface area contributed by atoms with Crippen LogP contribution in [0.1, 0.15) is 11.5 Å². The van der Waals surface area contributed by atoms with Crippen molar-refractivity contribution in [2.45, 2.75) is 0 Å². The summed E-state index contributed by atoms with van der Waals surface area (Å²) in [5, 5.41) is 9.00. The second-order valence-electron chi connectivity index (χ2n) is 5.36. The number of nitrogens with zero attached hydrogens (tertiary/aromatic N) is 2. The Balaban J connectivity index is 1.88. The van der Waals surface area contributed by atoms with E-state index in [1.807, 2.05) is 12.1 Å². The molecule has 0 atom stereocenters. The van der Waals surface area contributed by atoms with Gasteiger partial charge in [0.05, 0.1) is 31.9 Å². The van der Waals surface area contributed by atoms with Gasteiger partial charge in [0, 0.05) is 11.1 Å². The third kappa shape index (κ3) is 4.18. The minimum atomic E-state index is 0.307. The van der Waals surface area contributed by atoms with Crippen molar-refractivity contribution >= 4 is 35.4 Å². The van der Waals surface area contributed by atoms with E-state index in [4.69, 9.17) is 41.8 Å². The lowest BCUT2D eigenvalue weighted by Crippen LogP contribution is -1.95. The Morgan fingerprint density at radius 1 is 0.889 bits per heavy atom. The molecule has 1 heterocycles. The van der Waals surface area contributed by atoms with Gasteiger partial charge >= 0.3 is 0 Å². The van der Waals surface area contributed by atoms with Crippen molar-refractivity contribution in [2.75, 3.05) is 21.3 Å². The summed E-state index contributed by atoms with van der Waals surface area (Å²) < 4.78 is 21.6. The molecule has 2 aromatic carbocycles. The van der Waals surface area contributed by atoms with Crippen molar-refractivity contribution in [3.63, 3.8) is 0 Å². The molecule has 27 heavy (non-hydrogen) atoms. The van der Waals surface area contributed by atoms with Gasteiger partial charge in [-0.05, 0) is 42.0 Å². The zero-order valence-electron chi connectivity index (χ0n) is 14.8. The molecule has 6 nitrogen and oxygen atoms in total. The van der Waals surface area contributed by atoms with E-state index in [1.165, 1.54) is 0 Å². The van der Waals surface area contributed by atoms with Crippen molar-refractivity contribution in [3.8, 4) is 28.7 Å². The van der Waals surface area contributed by atoms with Crippen LogP contribution in [0.2, 0.25) is 10.0 Å². The molecule has 0 unspecified atom stereocenters. The van der Waals surface area contributed by atoms with Crippen LogP contribution in [0, 0.1) is 0 Å². The Bertz CT molecular complexity index is 961. The van der Waals surface area contributed by atoms with Crippen molar-refractivity contribution in [1.82, 2.24) is 10.2 Å². The molecule has 0 aliphatic carbocycles. The van der Waals surface area contributed by atoms with Crippen LogP contribution in [0.4, 0.5) is 0 Å². The molecule has 0 saturated heterocycles. The molecule has 1 aromatic heterocycles. The van der Waals surface area contributed by atoms with E-state index in [9.17, 15) is 0 Å². The van der Waals surface area contributed by atoms with Gasteiger partial charge in [0.2, 0.25) is 17.5 Å². The maximum Gasteiger partial charge on any atom is 0.249 e. The molecule has 0 radical (unpaired) electrons. The second kappa shape index (κ2) is 8.33. The molecular formula is C19H16Cl2N2O4. The third-order valence-corrected chi connectivity index (χ3v) is 4.26. The molecule has 0 aliphatic rings. The van der Waals surface area contributed by atoms with E-state index in [2.05, 4.69) is 10.2 Å². The first-order valence-corrected chi connectivity index (χ1v) is 8.58. The van der Waals surface area contributed by atoms with Crippen molar-refractivity contribution in [1.29, 1.82) is 0 Å². The zero-order valence-corrected chi connectivity index (χ0v) is 16.3. The summed E-state index contributed by atoms with van der Waals surface area (Å²) in [7, 11) is 4.67. The second-order valence-corrected chi connectivity index (χ2v) is 6.21. The number of aromatic nitrogens is 2. The predicted molar refractivity (Wildman–Crippen MR) is 105 cm³/mol. The topological polar surface area (TPSA) is 66.6 Å². The van der Waals surface area contributed by atoms with Crippen LogP contribution in [-0.4, -0.2) is 31.5 Å². The lowest BCUT2D eigenvalue weighted by Gasteiger charge is -2.12. The van der Waals surface area contributed by atoms with Gasteiger partial charge in [-0.2, -0.15) is 0 Å². The number of rotatable bonds is 6. The molecule has 0 fully saturated rings. The molecule has 0 bridgehead atoms. The van der Waals surface area contributed by atoms with E-state index in [-0.39, 0.29) is 0 Å². The fourth-order valence-corrected chi connectivity index (χ4v) is 2.93. The van der Waals surface area contributed by atoms with Crippen molar-refractivity contribution in [2.24, 2.45) is 0 Å². The fraction of sp³-hybridized carbons (Fsp3) is 0.158. The van der Waals surface area contributed by atoms with E-state index < -0.39 is 0 Å². The van der Waals surface area contributed by atoms with E-state index in [1.54, 1.807) is 51.7 Å². The molecule has 3 aromatic rings. The third-order valence-electron chi connectivity index (χ3n) is 3.71. The largest absolute Gasteiger partial charge is 0.493 e. The average Bonchev–Trinajstić information content (AvgIpc) is 3.14. The van der Waals surface area contributed by atoms with Crippen LogP contribution < -0.4 is 14.2 Å². The van der Waals surface area contributed by atoms with Crippen LogP contribution >= 0.6 is 23.2 Å².